The fourth-order valence-corrected chi connectivity index (χ4v) is 8.88. The van der Waals surface area contributed by atoms with Gasteiger partial charge in [-0.1, -0.05) is 95.0 Å². The summed E-state index contributed by atoms with van der Waals surface area (Å²) in [6.45, 7) is 5.61. The number of aromatic nitrogens is 2. The summed E-state index contributed by atoms with van der Waals surface area (Å²) in [5.74, 6) is 0.404. The van der Waals surface area contributed by atoms with Gasteiger partial charge in [-0.3, -0.25) is 24.4 Å². The van der Waals surface area contributed by atoms with Gasteiger partial charge in [-0.05, 0) is 37.1 Å². The lowest BCUT2D eigenvalue weighted by Gasteiger charge is -2.29. The average molecular weight is 1020 g/mol. The summed E-state index contributed by atoms with van der Waals surface area (Å²) in [6.07, 6.45) is 7.96. The van der Waals surface area contributed by atoms with E-state index >= 15 is 0 Å². The number of carbonyl (C=O) groups excluding carboxylic acids is 3. The molecule has 4 aromatic carbocycles. The van der Waals surface area contributed by atoms with Gasteiger partial charge >= 0.3 is 0 Å². The fourth-order valence-electron chi connectivity index (χ4n) is 7.88. The molecule has 2 amide bonds. The number of rotatable bonds is 15. The van der Waals surface area contributed by atoms with E-state index in [4.69, 9.17) is 65.4 Å². The number of carbonyl (C=O) groups is 3. The van der Waals surface area contributed by atoms with Gasteiger partial charge in [0, 0.05) is 109 Å². The molecule has 0 N–H and O–H groups in total. The van der Waals surface area contributed by atoms with Crippen molar-refractivity contribution in [3.63, 3.8) is 0 Å². The van der Waals surface area contributed by atoms with Gasteiger partial charge in [0.15, 0.2) is 0 Å². The quantitative estimate of drug-likeness (QED) is 0.0898. The zero-order valence-corrected chi connectivity index (χ0v) is 40.5. The van der Waals surface area contributed by atoms with Gasteiger partial charge in [0.2, 0.25) is 0 Å². The maximum Gasteiger partial charge on any atom is 0.257 e. The number of halogens is 4. The molecule has 354 valence electrons. The van der Waals surface area contributed by atoms with E-state index in [1.807, 2.05) is 30.3 Å². The Kier molecular flexibility index (Phi) is 15.9. The molecule has 0 aliphatic carbocycles. The molecule has 13 nitrogen and oxygen atoms in total. The summed E-state index contributed by atoms with van der Waals surface area (Å²) in [5.41, 5.74) is 5.97. The molecule has 0 radical (unpaired) electrons. The predicted octanol–water partition coefficient (Wildman–Crippen LogP) is 11.4. The first kappa shape index (κ1) is 49.3. The standard InChI is InChI=1S/C53H42Cl4N6O7/c1-32-8-12-62(13-9-32)52(65)42-18-44(54)48(20-46(42)67-28-35-16-33(22-58)24-60-26-35)69-30-37-4-2-6-40(50(37)56)41-7-3-5-38(51(41)57)31-70-49-21-47(68-29-36-17-34(23-59)25-61-27-36)43(19-45(49)55)53(66)63-14-10-39(64)11-15-63/h2-7,16-21,24-27H,1,8-15,28-31H2. The first-order valence-corrected chi connectivity index (χ1v) is 23.6. The monoisotopic (exact) mass is 1010 g/mol. The van der Waals surface area contributed by atoms with Gasteiger partial charge in [-0.25, -0.2) is 0 Å². The van der Waals surface area contributed by atoms with E-state index in [0.717, 1.165) is 5.57 Å². The number of ether oxygens (including phenoxy) is 4. The molecule has 0 unspecified atom stereocenters. The largest absolute Gasteiger partial charge is 0.488 e. The van der Waals surface area contributed by atoms with Crippen LogP contribution in [0.2, 0.25) is 20.1 Å². The number of Topliss-reactive ketones (excluding diaryl/α,β-unsaturated/α-hetero) is 1. The van der Waals surface area contributed by atoms with Crippen LogP contribution in [0.4, 0.5) is 0 Å². The Hall–Kier alpha value is -7.13. The molecule has 70 heavy (non-hydrogen) atoms. The molecule has 17 heteroatoms. The number of benzene rings is 4. The van der Waals surface area contributed by atoms with Crippen LogP contribution in [0, 0.1) is 22.7 Å². The predicted molar refractivity (Wildman–Crippen MR) is 264 cm³/mol. The topological polar surface area (TPSA) is 168 Å². The second-order valence-corrected chi connectivity index (χ2v) is 18.1. The summed E-state index contributed by atoms with van der Waals surface area (Å²) in [5, 5.41) is 19.8. The highest BCUT2D eigenvalue weighted by Gasteiger charge is 2.28. The summed E-state index contributed by atoms with van der Waals surface area (Å²) >= 11 is 27.8. The molecule has 2 fully saturated rings. The summed E-state index contributed by atoms with van der Waals surface area (Å²) in [6, 6.07) is 24.5. The van der Waals surface area contributed by atoms with Crippen molar-refractivity contribution in [1.29, 1.82) is 10.5 Å². The number of hydrogen-bond donors (Lipinski definition) is 0. The normalized spacial score (nSPS) is 13.6. The van der Waals surface area contributed by atoms with Crippen LogP contribution in [-0.4, -0.2) is 63.5 Å². The van der Waals surface area contributed by atoms with E-state index in [-0.39, 0.29) is 114 Å². The molecule has 4 heterocycles. The van der Waals surface area contributed by atoms with Crippen molar-refractivity contribution in [1.82, 2.24) is 19.8 Å². The lowest BCUT2D eigenvalue weighted by molar-refractivity contribution is -0.120. The second-order valence-electron chi connectivity index (χ2n) is 16.5. The SMILES string of the molecule is C=C1CCN(C(=O)c2cc(Cl)c(OCc3cccc(-c4cccc(COc5cc(OCc6cncc(C#N)c6)c(C(=O)N6CCC(=O)CC6)cc5Cl)c4Cl)c3Cl)cc2OCc2cncc(C#N)c2)CC1. The Labute approximate surface area is 424 Å². The van der Waals surface area contributed by atoms with Crippen molar-refractivity contribution in [2.24, 2.45) is 0 Å². The number of pyridine rings is 2. The van der Waals surface area contributed by atoms with Crippen LogP contribution in [0.25, 0.3) is 11.1 Å². The highest BCUT2D eigenvalue weighted by atomic mass is 35.5. The number of amides is 2. The second kappa shape index (κ2) is 22.5. The van der Waals surface area contributed by atoms with Crippen LogP contribution >= 0.6 is 46.4 Å². The molecule has 2 aromatic heterocycles. The molecule has 2 saturated heterocycles. The van der Waals surface area contributed by atoms with E-state index in [0.29, 0.717) is 80.5 Å². The molecule has 0 atom stereocenters. The third kappa shape index (κ3) is 11.6. The Morgan fingerprint density at radius 3 is 1.41 bits per heavy atom. The minimum absolute atomic E-state index is 0.00843. The summed E-state index contributed by atoms with van der Waals surface area (Å²) in [7, 11) is 0. The fraction of sp³-hybridized carbons (Fsp3) is 0.226. The van der Waals surface area contributed by atoms with Crippen molar-refractivity contribution < 1.29 is 33.3 Å². The lowest BCUT2D eigenvalue weighted by Crippen LogP contribution is -2.38. The van der Waals surface area contributed by atoms with Crippen LogP contribution < -0.4 is 18.9 Å². The van der Waals surface area contributed by atoms with E-state index in [1.165, 1.54) is 30.6 Å². The molecule has 6 aromatic rings. The van der Waals surface area contributed by atoms with Gasteiger partial charge < -0.3 is 28.7 Å². The van der Waals surface area contributed by atoms with Gasteiger partial charge in [0.1, 0.15) is 67.3 Å². The highest BCUT2D eigenvalue weighted by Crippen LogP contribution is 2.41. The molecule has 0 bridgehead atoms. The van der Waals surface area contributed by atoms with Crippen LogP contribution in [0.5, 0.6) is 23.0 Å². The molecule has 0 spiro atoms. The van der Waals surface area contributed by atoms with Crippen molar-refractivity contribution >= 4 is 64.0 Å². The van der Waals surface area contributed by atoms with Gasteiger partial charge in [-0.2, -0.15) is 10.5 Å². The van der Waals surface area contributed by atoms with Crippen molar-refractivity contribution in [3.05, 3.63) is 174 Å². The average Bonchev–Trinajstić information content (AvgIpc) is 3.38. The van der Waals surface area contributed by atoms with Crippen molar-refractivity contribution in [2.75, 3.05) is 26.2 Å². The number of nitriles is 2. The van der Waals surface area contributed by atoms with E-state index < -0.39 is 0 Å². The van der Waals surface area contributed by atoms with E-state index in [1.54, 1.807) is 46.5 Å². The third-order valence-electron chi connectivity index (χ3n) is 11.7. The van der Waals surface area contributed by atoms with Gasteiger partial charge in [0.25, 0.3) is 11.8 Å². The van der Waals surface area contributed by atoms with Crippen LogP contribution in [-0.2, 0) is 31.2 Å². The first-order chi connectivity index (χ1) is 33.9. The Morgan fingerprint density at radius 2 is 0.986 bits per heavy atom. The number of hydrogen-bond acceptors (Lipinski definition) is 11. The zero-order valence-electron chi connectivity index (χ0n) is 37.5. The van der Waals surface area contributed by atoms with Crippen molar-refractivity contribution in [2.45, 2.75) is 52.1 Å². The maximum absolute atomic E-state index is 13.9. The Morgan fingerprint density at radius 1 is 0.571 bits per heavy atom. The number of likely N-dealkylation sites (tertiary alicyclic amines) is 2. The van der Waals surface area contributed by atoms with E-state index in [2.05, 4.69) is 28.7 Å². The van der Waals surface area contributed by atoms with Crippen LogP contribution in [0.15, 0.2) is 110 Å². The van der Waals surface area contributed by atoms with Crippen LogP contribution in [0.1, 0.15) is 79.8 Å². The maximum atomic E-state index is 13.9. The Bertz CT molecular complexity index is 2890. The molecule has 8 rings (SSSR count). The summed E-state index contributed by atoms with van der Waals surface area (Å²) < 4.78 is 24.9. The molecule has 2 aliphatic heterocycles. The minimum Gasteiger partial charge on any atom is -0.488 e. The lowest BCUT2D eigenvalue weighted by atomic mass is 10.0. The zero-order chi connectivity index (χ0) is 49.3. The first-order valence-electron chi connectivity index (χ1n) is 22.1. The smallest absolute Gasteiger partial charge is 0.257 e. The molecular weight excluding hydrogens is 974 g/mol. The number of nitrogens with zero attached hydrogens (tertiary/aromatic N) is 6. The van der Waals surface area contributed by atoms with Gasteiger partial charge in [-0.15, -0.1) is 0 Å². The number of ketones is 1. The van der Waals surface area contributed by atoms with E-state index in [9.17, 15) is 24.9 Å². The minimum atomic E-state index is -0.347. The number of piperidine rings is 2. The molecule has 2 aliphatic rings. The third-order valence-corrected chi connectivity index (χ3v) is 13.2. The molecular formula is C53H42Cl4N6O7. The summed E-state index contributed by atoms with van der Waals surface area (Å²) in [4.78, 5) is 51.1. The van der Waals surface area contributed by atoms with Crippen LogP contribution in [0.3, 0.4) is 0 Å². The Balaban J connectivity index is 1.01. The molecule has 0 saturated carbocycles. The van der Waals surface area contributed by atoms with Crippen molar-refractivity contribution in [3.8, 4) is 46.3 Å². The van der Waals surface area contributed by atoms with Gasteiger partial charge in [0.05, 0.1) is 42.3 Å². The highest BCUT2D eigenvalue weighted by molar-refractivity contribution is 6.37.